The zero-order valence-electron chi connectivity index (χ0n) is 13.6. The smallest absolute Gasteiger partial charge is 0.219 e. The van der Waals surface area contributed by atoms with Crippen molar-refractivity contribution in [3.8, 4) is 11.1 Å². The molecule has 1 aliphatic heterocycles. The number of nitrogens with zero attached hydrogens (tertiary/aromatic N) is 2. The zero-order chi connectivity index (χ0) is 15.9. The van der Waals surface area contributed by atoms with E-state index in [0.29, 0.717) is 0 Å². The van der Waals surface area contributed by atoms with E-state index in [1.807, 2.05) is 17.3 Å². The van der Waals surface area contributed by atoms with E-state index >= 15 is 0 Å². The maximum absolute atomic E-state index is 11.6. The Hall–Kier alpha value is -2.16. The maximum atomic E-state index is 11.6. The van der Waals surface area contributed by atoms with Gasteiger partial charge in [-0.15, -0.1) is 0 Å². The van der Waals surface area contributed by atoms with Crippen molar-refractivity contribution >= 4 is 5.91 Å². The second-order valence-corrected chi connectivity index (χ2v) is 6.89. The summed E-state index contributed by atoms with van der Waals surface area (Å²) in [5, 5.41) is 0. The molecule has 2 aliphatic rings. The third-order valence-electron chi connectivity index (χ3n) is 5.73. The Morgan fingerprint density at radius 2 is 1.78 bits per heavy atom. The molecule has 2 heterocycles. The molecule has 23 heavy (non-hydrogen) atoms. The summed E-state index contributed by atoms with van der Waals surface area (Å²) in [6, 6.07) is 11.1. The summed E-state index contributed by atoms with van der Waals surface area (Å²) in [6.07, 6.45) is 8.30. The van der Waals surface area contributed by atoms with Crippen LogP contribution in [0.25, 0.3) is 11.1 Å². The number of hydrogen-bond donors (Lipinski definition) is 0. The van der Waals surface area contributed by atoms with Crippen LogP contribution < -0.4 is 0 Å². The normalized spacial score (nSPS) is 18.9. The van der Waals surface area contributed by atoms with Crippen LogP contribution in [0.15, 0.2) is 42.7 Å². The number of amides is 1. The van der Waals surface area contributed by atoms with Gasteiger partial charge in [-0.25, -0.2) is 0 Å². The van der Waals surface area contributed by atoms with E-state index in [1.54, 1.807) is 6.92 Å². The Morgan fingerprint density at radius 3 is 2.48 bits per heavy atom. The van der Waals surface area contributed by atoms with Crippen molar-refractivity contribution in [1.29, 1.82) is 0 Å². The third-order valence-corrected chi connectivity index (χ3v) is 5.73. The summed E-state index contributed by atoms with van der Waals surface area (Å²) in [7, 11) is 0. The number of pyridine rings is 1. The van der Waals surface area contributed by atoms with Gasteiger partial charge in [0.1, 0.15) is 0 Å². The lowest BCUT2D eigenvalue weighted by molar-refractivity contribution is -0.130. The van der Waals surface area contributed by atoms with Gasteiger partial charge in [-0.05, 0) is 65.5 Å². The van der Waals surface area contributed by atoms with Crippen LogP contribution in [0.3, 0.4) is 0 Å². The molecule has 0 N–H and O–H groups in total. The van der Waals surface area contributed by atoms with Crippen molar-refractivity contribution in [2.45, 2.75) is 38.0 Å². The van der Waals surface area contributed by atoms with E-state index in [-0.39, 0.29) is 11.3 Å². The number of fused-ring (bicyclic) bond motifs is 2. The van der Waals surface area contributed by atoms with E-state index in [2.05, 4.69) is 35.3 Å². The first-order valence-corrected chi connectivity index (χ1v) is 8.47. The van der Waals surface area contributed by atoms with E-state index in [1.165, 1.54) is 35.1 Å². The fourth-order valence-electron chi connectivity index (χ4n) is 4.29. The lowest BCUT2D eigenvalue weighted by atomic mass is 9.73. The first-order chi connectivity index (χ1) is 11.2. The van der Waals surface area contributed by atoms with Crippen molar-refractivity contribution in [2.24, 2.45) is 0 Å². The standard InChI is InChI=1S/C20H22N2O/c1-15(23)22-12-8-20(9-13-22)7-4-17-2-3-18(14-19(17)20)16-5-10-21-11-6-16/h2-3,5-6,10-11,14H,4,7-9,12-13H2,1H3. The highest BCUT2D eigenvalue weighted by Gasteiger charge is 2.41. The largest absolute Gasteiger partial charge is 0.343 e. The number of aryl methyl sites for hydroxylation is 1. The molecule has 1 spiro atoms. The van der Waals surface area contributed by atoms with Crippen LogP contribution in [0.5, 0.6) is 0 Å². The lowest BCUT2D eigenvalue weighted by Gasteiger charge is -2.40. The Kier molecular flexibility index (Phi) is 3.44. The molecule has 0 unspecified atom stereocenters. The van der Waals surface area contributed by atoms with Gasteiger partial charge >= 0.3 is 0 Å². The van der Waals surface area contributed by atoms with Gasteiger partial charge in [0.2, 0.25) is 5.91 Å². The van der Waals surface area contributed by atoms with Crippen molar-refractivity contribution in [2.75, 3.05) is 13.1 Å². The SMILES string of the molecule is CC(=O)N1CCC2(CCc3ccc(-c4ccncc4)cc32)CC1. The van der Waals surface area contributed by atoms with Crippen LogP contribution in [0.2, 0.25) is 0 Å². The number of benzene rings is 1. The van der Waals surface area contributed by atoms with Gasteiger partial charge in [-0.2, -0.15) is 0 Å². The maximum Gasteiger partial charge on any atom is 0.219 e. The Labute approximate surface area is 137 Å². The summed E-state index contributed by atoms with van der Waals surface area (Å²) in [6.45, 7) is 3.48. The molecular formula is C20H22N2O. The number of carbonyl (C=O) groups is 1. The van der Waals surface area contributed by atoms with Gasteiger partial charge in [-0.1, -0.05) is 18.2 Å². The molecule has 3 nitrogen and oxygen atoms in total. The molecule has 1 aliphatic carbocycles. The number of piperidine rings is 1. The monoisotopic (exact) mass is 306 g/mol. The molecule has 4 rings (SSSR count). The van der Waals surface area contributed by atoms with Crippen molar-refractivity contribution in [3.63, 3.8) is 0 Å². The van der Waals surface area contributed by atoms with Gasteiger partial charge in [0.25, 0.3) is 0 Å². The number of rotatable bonds is 1. The molecule has 1 aromatic heterocycles. The van der Waals surface area contributed by atoms with Crippen molar-refractivity contribution < 1.29 is 4.79 Å². The molecule has 0 bridgehead atoms. The number of likely N-dealkylation sites (tertiary alicyclic amines) is 1. The predicted octanol–water partition coefficient (Wildman–Crippen LogP) is 3.57. The van der Waals surface area contributed by atoms with Gasteiger partial charge in [0.05, 0.1) is 0 Å². The van der Waals surface area contributed by atoms with Crippen LogP contribution in [-0.4, -0.2) is 28.9 Å². The average Bonchev–Trinajstić information content (AvgIpc) is 2.94. The molecular weight excluding hydrogens is 284 g/mol. The molecule has 1 saturated heterocycles. The summed E-state index contributed by atoms with van der Waals surface area (Å²) in [5.74, 6) is 0.212. The highest BCUT2D eigenvalue weighted by molar-refractivity contribution is 5.73. The minimum atomic E-state index is 0.212. The summed E-state index contributed by atoms with van der Waals surface area (Å²) >= 11 is 0. The quantitative estimate of drug-likeness (QED) is 0.807. The fourth-order valence-corrected chi connectivity index (χ4v) is 4.29. The molecule has 1 fully saturated rings. The first kappa shape index (κ1) is 14.4. The lowest BCUT2D eigenvalue weighted by Crippen LogP contribution is -2.43. The summed E-state index contributed by atoms with van der Waals surface area (Å²) in [4.78, 5) is 17.7. The van der Waals surface area contributed by atoms with Crippen LogP contribution in [0.1, 0.15) is 37.3 Å². The summed E-state index contributed by atoms with van der Waals surface area (Å²) < 4.78 is 0. The highest BCUT2D eigenvalue weighted by atomic mass is 16.2. The minimum Gasteiger partial charge on any atom is -0.343 e. The minimum absolute atomic E-state index is 0.212. The number of aromatic nitrogens is 1. The van der Waals surface area contributed by atoms with Crippen LogP contribution in [-0.2, 0) is 16.6 Å². The van der Waals surface area contributed by atoms with Crippen LogP contribution in [0.4, 0.5) is 0 Å². The first-order valence-electron chi connectivity index (χ1n) is 8.47. The average molecular weight is 306 g/mol. The Bertz CT molecular complexity index is 731. The number of carbonyl (C=O) groups excluding carboxylic acids is 1. The second-order valence-electron chi connectivity index (χ2n) is 6.89. The molecule has 1 aromatic carbocycles. The van der Waals surface area contributed by atoms with Gasteiger partial charge in [0, 0.05) is 32.4 Å². The fraction of sp³-hybridized carbons (Fsp3) is 0.400. The van der Waals surface area contributed by atoms with E-state index in [9.17, 15) is 4.79 Å². The molecule has 2 aromatic rings. The van der Waals surface area contributed by atoms with Gasteiger partial charge in [0.15, 0.2) is 0 Å². The topological polar surface area (TPSA) is 33.2 Å². The van der Waals surface area contributed by atoms with Gasteiger partial charge < -0.3 is 4.90 Å². The second kappa shape index (κ2) is 5.48. The van der Waals surface area contributed by atoms with Crippen LogP contribution >= 0.6 is 0 Å². The van der Waals surface area contributed by atoms with Crippen molar-refractivity contribution in [1.82, 2.24) is 9.88 Å². The molecule has 0 saturated carbocycles. The summed E-state index contributed by atoms with van der Waals surface area (Å²) in [5.41, 5.74) is 5.81. The molecule has 3 heteroatoms. The number of hydrogen-bond acceptors (Lipinski definition) is 2. The van der Waals surface area contributed by atoms with Crippen molar-refractivity contribution in [3.05, 3.63) is 53.9 Å². The van der Waals surface area contributed by atoms with E-state index in [4.69, 9.17) is 0 Å². The highest BCUT2D eigenvalue weighted by Crippen LogP contribution is 2.47. The predicted molar refractivity (Wildman–Crippen MR) is 91.2 cm³/mol. The van der Waals surface area contributed by atoms with Gasteiger partial charge in [-0.3, -0.25) is 9.78 Å². The third kappa shape index (κ3) is 2.44. The molecule has 0 atom stereocenters. The van der Waals surface area contributed by atoms with Crippen LogP contribution in [0, 0.1) is 0 Å². The molecule has 118 valence electrons. The van der Waals surface area contributed by atoms with E-state index in [0.717, 1.165) is 25.9 Å². The molecule has 0 radical (unpaired) electrons. The zero-order valence-corrected chi connectivity index (χ0v) is 13.6. The Balaban J connectivity index is 1.67. The Morgan fingerprint density at radius 1 is 1.04 bits per heavy atom. The van der Waals surface area contributed by atoms with E-state index < -0.39 is 0 Å². The molecule has 1 amide bonds.